The maximum atomic E-state index is 12.7. The standard InChI is InChI=1S/C16H19F/c1-4-14(6-5-13(2)3)7-8-15-9-11-16(17)12-10-15/h4-6,9-12H,2,7-8H2,1,3H3/b6-5-,14-4+. The van der Waals surface area contributed by atoms with Gasteiger partial charge >= 0.3 is 0 Å². The molecule has 17 heavy (non-hydrogen) atoms. The normalized spacial score (nSPS) is 12.1. The Morgan fingerprint density at radius 2 is 1.88 bits per heavy atom. The van der Waals surface area contributed by atoms with E-state index in [1.165, 1.54) is 17.7 Å². The summed E-state index contributed by atoms with van der Waals surface area (Å²) in [6, 6.07) is 6.69. The molecule has 0 aliphatic heterocycles. The van der Waals surface area contributed by atoms with E-state index in [1.807, 2.05) is 32.1 Å². The van der Waals surface area contributed by atoms with Gasteiger partial charge in [0.05, 0.1) is 0 Å². The lowest BCUT2D eigenvalue weighted by Gasteiger charge is -2.03. The largest absolute Gasteiger partial charge is 0.207 e. The SMILES string of the molecule is C=C(C)/C=C\C(=C/C)CCc1ccc(F)cc1. The summed E-state index contributed by atoms with van der Waals surface area (Å²) in [7, 11) is 0. The van der Waals surface area contributed by atoms with Crippen molar-refractivity contribution in [3.8, 4) is 0 Å². The van der Waals surface area contributed by atoms with Crippen LogP contribution in [0.3, 0.4) is 0 Å². The fourth-order valence-corrected chi connectivity index (χ4v) is 1.51. The molecule has 0 amide bonds. The Kier molecular flexibility index (Phi) is 5.41. The minimum atomic E-state index is -0.179. The number of hydrogen-bond donors (Lipinski definition) is 0. The monoisotopic (exact) mass is 230 g/mol. The first-order chi connectivity index (χ1) is 8.11. The zero-order valence-corrected chi connectivity index (χ0v) is 10.5. The quantitative estimate of drug-likeness (QED) is 0.635. The number of rotatable bonds is 5. The molecule has 0 nitrogen and oxygen atoms in total. The number of aryl methyl sites for hydroxylation is 1. The van der Waals surface area contributed by atoms with Crippen molar-refractivity contribution in [3.05, 3.63) is 71.6 Å². The second kappa shape index (κ2) is 6.85. The summed E-state index contributed by atoms with van der Waals surface area (Å²) in [6.45, 7) is 7.84. The summed E-state index contributed by atoms with van der Waals surface area (Å²) < 4.78 is 12.7. The van der Waals surface area contributed by atoms with E-state index in [4.69, 9.17) is 0 Å². The van der Waals surface area contributed by atoms with Crippen LogP contribution in [0.2, 0.25) is 0 Å². The van der Waals surface area contributed by atoms with Crippen LogP contribution in [0.1, 0.15) is 25.8 Å². The van der Waals surface area contributed by atoms with Crippen LogP contribution in [0.5, 0.6) is 0 Å². The van der Waals surface area contributed by atoms with E-state index in [2.05, 4.69) is 18.7 Å². The Hall–Kier alpha value is -1.63. The molecular weight excluding hydrogens is 211 g/mol. The molecule has 0 heterocycles. The molecule has 0 aliphatic carbocycles. The van der Waals surface area contributed by atoms with Gasteiger partial charge in [0.1, 0.15) is 5.82 Å². The predicted molar refractivity (Wildman–Crippen MR) is 72.4 cm³/mol. The molecule has 0 spiro atoms. The molecule has 1 aromatic carbocycles. The van der Waals surface area contributed by atoms with Gasteiger partial charge < -0.3 is 0 Å². The van der Waals surface area contributed by atoms with Gasteiger partial charge in [-0.05, 0) is 44.4 Å². The zero-order chi connectivity index (χ0) is 12.7. The van der Waals surface area contributed by atoms with E-state index in [0.717, 1.165) is 24.0 Å². The molecule has 0 aliphatic rings. The maximum Gasteiger partial charge on any atom is 0.123 e. The van der Waals surface area contributed by atoms with Crippen molar-refractivity contribution in [2.75, 3.05) is 0 Å². The average Bonchev–Trinajstić information content (AvgIpc) is 2.31. The van der Waals surface area contributed by atoms with Gasteiger partial charge in [0.25, 0.3) is 0 Å². The van der Waals surface area contributed by atoms with E-state index < -0.39 is 0 Å². The third-order valence-corrected chi connectivity index (χ3v) is 2.57. The third kappa shape index (κ3) is 5.30. The number of allylic oxidation sites excluding steroid dienone is 5. The first-order valence-electron chi connectivity index (χ1n) is 5.85. The molecule has 0 saturated carbocycles. The van der Waals surface area contributed by atoms with Crippen molar-refractivity contribution in [2.24, 2.45) is 0 Å². The fourth-order valence-electron chi connectivity index (χ4n) is 1.51. The van der Waals surface area contributed by atoms with Crippen molar-refractivity contribution < 1.29 is 4.39 Å². The van der Waals surface area contributed by atoms with E-state index in [1.54, 1.807) is 0 Å². The predicted octanol–water partition coefficient (Wildman–Crippen LogP) is 4.84. The van der Waals surface area contributed by atoms with Gasteiger partial charge in [-0.3, -0.25) is 0 Å². The van der Waals surface area contributed by atoms with E-state index in [0.29, 0.717) is 0 Å². The van der Waals surface area contributed by atoms with Crippen molar-refractivity contribution >= 4 is 0 Å². The van der Waals surface area contributed by atoms with Gasteiger partial charge in [-0.15, -0.1) is 0 Å². The van der Waals surface area contributed by atoms with Crippen LogP contribution in [0.25, 0.3) is 0 Å². The Balaban J connectivity index is 2.54. The van der Waals surface area contributed by atoms with Crippen molar-refractivity contribution in [1.29, 1.82) is 0 Å². The zero-order valence-electron chi connectivity index (χ0n) is 10.5. The topological polar surface area (TPSA) is 0 Å². The van der Waals surface area contributed by atoms with Crippen LogP contribution >= 0.6 is 0 Å². The van der Waals surface area contributed by atoms with Gasteiger partial charge in [-0.2, -0.15) is 0 Å². The van der Waals surface area contributed by atoms with Gasteiger partial charge in [-0.1, -0.05) is 48.1 Å². The Morgan fingerprint density at radius 1 is 1.24 bits per heavy atom. The smallest absolute Gasteiger partial charge is 0.123 e. The lowest BCUT2D eigenvalue weighted by Crippen LogP contribution is -1.88. The lowest BCUT2D eigenvalue weighted by molar-refractivity contribution is 0.627. The summed E-state index contributed by atoms with van der Waals surface area (Å²) in [5.74, 6) is -0.179. The maximum absolute atomic E-state index is 12.7. The Morgan fingerprint density at radius 3 is 2.41 bits per heavy atom. The van der Waals surface area contributed by atoms with E-state index in [-0.39, 0.29) is 5.82 Å². The van der Waals surface area contributed by atoms with Crippen LogP contribution < -0.4 is 0 Å². The van der Waals surface area contributed by atoms with Crippen molar-refractivity contribution in [2.45, 2.75) is 26.7 Å². The first kappa shape index (κ1) is 13.4. The van der Waals surface area contributed by atoms with Crippen molar-refractivity contribution in [1.82, 2.24) is 0 Å². The molecule has 0 radical (unpaired) electrons. The van der Waals surface area contributed by atoms with Crippen LogP contribution in [0.15, 0.2) is 60.2 Å². The number of benzene rings is 1. The molecule has 90 valence electrons. The summed E-state index contributed by atoms with van der Waals surface area (Å²) in [5, 5.41) is 0. The Bertz CT molecular complexity index is 421. The first-order valence-corrected chi connectivity index (χ1v) is 5.85. The minimum Gasteiger partial charge on any atom is -0.207 e. The highest BCUT2D eigenvalue weighted by molar-refractivity contribution is 5.26. The molecular formula is C16H19F. The summed E-state index contributed by atoms with van der Waals surface area (Å²) in [5.41, 5.74) is 3.48. The minimum absolute atomic E-state index is 0.179. The molecule has 0 N–H and O–H groups in total. The van der Waals surface area contributed by atoms with Crippen LogP contribution in [-0.2, 0) is 6.42 Å². The average molecular weight is 230 g/mol. The number of halogens is 1. The molecule has 0 saturated heterocycles. The molecule has 1 rings (SSSR count). The van der Waals surface area contributed by atoms with Gasteiger partial charge in [-0.25, -0.2) is 4.39 Å². The van der Waals surface area contributed by atoms with Crippen LogP contribution in [0, 0.1) is 5.82 Å². The molecule has 0 aromatic heterocycles. The summed E-state index contributed by atoms with van der Waals surface area (Å²) >= 11 is 0. The van der Waals surface area contributed by atoms with E-state index in [9.17, 15) is 4.39 Å². The summed E-state index contributed by atoms with van der Waals surface area (Å²) in [6.07, 6.45) is 8.10. The molecule has 0 unspecified atom stereocenters. The summed E-state index contributed by atoms with van der Waals surface area (Å²) in [4.78, 5) is 0. The third-order valence-electron chi connectivity index (χ3n) is 2.57. The molecule has 0 atom stereocenters. The van der Waals surface area contributed by atoms with Crippen LogP contribution in [0.4, 0.5) is 4.39 Å². The second-order valence-electron chi connectivity index (χ2n) is 4.17. The van der Waals surface area contributed by atoms with Gasteiger partial charge in [0, 0.05) is 0 Å². The Labute approximate surface area is 103 Å². The fraction of sp³-hybridized carbons (Fsp3) is 0.250. The molecule has 1 aromatic rings. The van der Waals surface area contributed by atoms with Crippen LogP contribution in [-0.4, -0.2) is 0 Å². The highest BCUT2D eigenvalue weighted by Gasteiger charge is 1.96. The lowest BCUT2D eigenvalue weighted by atomic mass is 10.0. The second-order valence-corrected chi connectivity index (χ2v) is 4.17. The highest BCUT2D eigenvalue weighted by Crippen LogP contribution is 2.12. The molecule has 0 fully saturated rings. The van der Waals surface area contributed by atoms with Crippen molar-refractivity contribution in [3.63, 3.8) is 0 Å². The van der Waals surface area contributed by atoms with Gasteiger partial charge in [0.15, 0.2) is 0 Å². The number of hydrogen-bond acceptors (Lipinski definition) is 0. The molecule has 0 bridgehead atoms. The molecule has 1 heteroatoms. The van der Waals surface area contributed by atoms with Gasteiger partial charge in [0.2, 0.25) is 0 Å². The highest BCUT2D eigenvalue weighted by atomic mass is 19.1. The van der Waals surface area contributed by atoms with E-state index >= 15 is 0 Å².